The minimum atomic E-state index is -1.99. The van der Waals surface area contributed by atoms with Gasteiger partial charge in [-0.05, 0) is 37.0 Å². The zero-order valence-electron chi connectivity index (χ0n) is 19.2. The minimum absolute atomic E-state index is 0.00964. The van der Waals surface area contributed by atoms with Gasteiger partial charge in [-0.15, -0.1) is 0 Å². The molecule has 0 spiro atoms. The maximum Gasteiger partial charge on any atom is 0.343 e. The van der Waals surface area contributed by atoms with Gasteiger partial charge in [-0.25, -0.2) is 9.78 Å². The summed E-state index contributed by atoms with van der Waals surface area (Å²) in [7, 11) is -1.99. The van der Waals surface area contributed by atoms with E-state index in [-0.39, 0.29) is 34.3 Å². The summed E-state index contributed by atoms with van der Waals surface area (Å²) in [6.45, 7) is 17.6. The van der Waals surface area contributed by atoms with Crippen LogP contribution in [0.2, 0.25) is 23.3 Å². The van der Waals surface area contributed by atoms with Crippen LogP contribution in [0.25, 0.3) is 10.9 Å². The van der Waals surface area contributed by atoms with E-state index in [4.69, 9.17) is 20.8 Å². The van der Waals surface area contributed by atoms with Crippen molar-refractivity contribution in [2.75, 3.05) is 13.2 Å². The van der Waals surface area contributed by atoms with E-state index < -0.39 is 19.7 Å². The number of carbonyl (C=O) groups is 1. The number of fused-ring (bicyclic) bond motifs is 1. The summed E-state index contributed by atoms with van der Waals surface area (Å²) in [5, 5.41) is 0.620. The first-order chi connectivity index (χ1) is 13.8. The van der Waals surface area contributed by atoms with Crippen molar-refractivity contribution in [3.8, 4) is 0 Å². The van der Waals surface area contributed by atoms with E-state index in [1.54, 1.807) is 19.3 Å². The van der Waals surface area contributed by atoms with Crippen LogP contribution in [0.3, 0.4) is 0 Å². The molecule has 0 N–H and O–H groups in total. The van der Waals surface area contributed by atoms with Crippen LogP contribution in [0.1, 0.15) is 57.9 Å². The second-order valence-corrected chi connectivity index (χ2v) is 14.6. The molecule has 30 heavy (non-hydrogen) atoms. The summed E-state index contributed by atoms with van der Waals surface area (Å²) >= 11 is 6.05. The molecule has 2 aromatic rings. The molecular formula is C22H33ClN2O4Si. The molecule has 0 unspecified atom stereocenters. The highest BCUT2D eigenvalue weighted by Crippen LogP contribution is 2.37. The van der Waals surface area contributed by atoms with Gasteiger partial charge in [-0.2, -0.15) is 0 Å². The van der Waals surface area contributed by atoms with Gasteiger partial charge >= 0.3 is 5.97 Å². The highest BCUT2D eigenvalue weighted by atomic mass is 35.5. The number of carbonyl (C=O) groups excluding carboxylic acids is 1. The Morgan fingerprint density at radius 3 is 2.47 bits per heavy atom. The maximum absolute atomic E-state index is 13.0. The largest absolute Gasteiger partial charge is 0.462 e. The lowest BCUT2D eigenvalue weighted by Crippen LogP contribution is -2.42. The highest BCUT2D eigenvalue weighted by Gasteiger charge is 2.38. The van der Waals surface area contributed by atoms with E-state index >= 15 is 0 Å². The summed E-state index contributed by atoms with van der Waals surface area (Å²) in [4.78, 5) is 29.6. The number of hydrogen-bond donors (Lipinski definition) is 0. The topological polar surface area (TPSA) is 70.4 Å². The SMILES string of the molecule is CCOC(=O)c1cn([C@H](CO[Si](C)(C)C(C)(C)C)C(C)C)c2cnc(Cl)cc2c1=O. The number of rotatable bonds is 7. The van der Waals surface area contributed by atoms with E-state index in [0.29, 0.717) is 17.5 Å². The Balaban J connectivity index is 2.64. The standard InChI is InChI=1S/C22H33ClN2O4Si/c1-9-28-21(27)16-12-25(17-11-24-19(23)10-15(17)20(16)26)18(14(2)3)13-29-30(7,8)22(4,5)6/h10-12,14,18H,9,13H2,1-8H3/t18-/m1/s1. The third-order valence-corrected chi connectivity index (χ3v) is 10.6. The number of halogens is 1. The van der Waals surface area contributed by atoms with Gasteiger partial charge in [0, 0.05) is 6.20 Å². The predicted molar refractivity (Wildman–Crippen MR) is 124 cm³/mol. The second-order valence-electron chi connectivity index (χ2n) is 9.41. The molecule has 1 atom stereocenters. The number of pyridine rings is 2. The Hall–Kier alpha value is -1.70. The van der Waals surface area contributed by atoms with Crippen molar-refractivity contribution in [2.24, 2.45) is 5.92 Å². The van der Waals surface area contributed by atoms with Gasteiger partial charge in [-0.1, -0.05) is 46.2 Å². The van der Waals surface area contributed by atoms with E-state index in [1.165, 1.54) is 6.07 Å². The number of esters is 1. The number of aromatic nitrogens is 2. The van der Waals surface area contributed by atoms with Gasteiger partial charge in [0.25, 0.3) is 0 Å². The number of nitrogens with zero attached hydrogens (tertiary/aromatic N) is 2. The van der Waals surface area contributed by atoms with Crippen molar-refractivity contribution in [1.82, 2.24) is 9.55 Å². The molecule has 0 saturated carbocycles. The number of ether oxygens (including phenoxy) is 1. The van der Waals surface area contributed by atoms with Gasteiger partial charge < -0.3 is 13.7 Å². The van der Waals surface area contributed by atoms with Gasteiger partial charge in [0.2, 0.25) is 5.43 Å². The van der Waals surface area contributed by atoms with Gasteiger partial charge in [-0.3, -0.25) is 4.79 Å². The molecule has 0 radical (unpaired) electrons. The van der Waals surface area contributed by atoms with Crippen molar-refractivity contribution in [2.45, 2.75) is 65.7 Å². The van der Waals surface area contributed by atoms with Crippen LogP contribution < -0.4 is 5.43 Å². The maximum atomic E-state index is 13.0. The Morgan fingerprint density at radius 1 is 1.30 bits per heavy atom. The molecular weight excluding hydrogens is 420 g/mol. The lowest BCUT2D eigenvalue weighted by Gasteiger charge is -2.38. The first kappa shape index (κ1) is 24.6. The summed E-state index contributed by atoms with van der Waals surface area (Å²) < 4.78 is 13.5. The van der Waals surface area contributed by atoms with Crippen LogP contribution in [0, 0.1) is 5.92 Å². The molecule has 0 fully saturated rings. The average molecular weight is 453 g/mol. The van der Waals surface area contributed by atoms with Crippen LogP contribution in [0.5, 0.6) is 0 Å². The minimum Gasteiger partial charge on any atom is -0.462 e. The Kier molecular flexibility index (Phi) is 7.53. The fourth-order valence-corrected chi connectivity index (χ4v) is 4.13. The molecule has 2 rings (SSSR count). The van der Waals surface area contributed by atoms with E-state index in [9.17, 15) is 9.59 Å². The highest BCUT2D eigenvalue weighted by molar-refractivity contribution is 6.74. The number of hydrogen-bond acceptors (Lipinski definition) is 5. The Bertz CT molecular complexity index is 979. The smallest absolute Gasteiger partial charge is 0.343 e. The van der Waals surface area contributed by atoms with Crippen LogP contribution in [-0.4, -0.2) is 37.1 Å². The van der Waals surface area contributed by atoms with Crippen molar-refractivity contribution < 1.29 is 14.0 Å². The predicted octanol–water partition coefficient (Wildman–Crippen LogP) is 5.45. The molecule has 2 heterocycles. The third-order valence-electron chi connectivity index (χ3n) is 5.93. The molecule has 0 aliphatic carbocycles. The summed E-state index contributed by atoms with van der Waals surface area (Å²) in [6.07, 6.45) is 3.16. The second kappa shape index (κ2) is 9.20. The first-order valence-electron chi connectivity index (χ1n) is 10.3. The van der Waals surface area contributed by atoms with Crippen LogP contribution in [0.15, 0.2) is 23.3 Å². The third kappa shape index (κ3) is 5.13. The molecule has 0 aromatic carbocycles. The molecule has 8 heteroatoms. The molecule has 0 aliphatic heterocycles. The Morgan fingerprint density at radius 2 is 1.93 bits per heavy atom. The van der Waals surface area contributed by atoms with Crippen molar-refractivity contribution in [1.29, 1.82) is 0 Å². The van der Waals surface area contributed by atoms with Gasteiger partial charge in [0.05, 0.1) is 36.4 Å². The molecule has 0 aliphatic rings. The molecule has 6 nitrogen and oxygen atoms in total. The normalized spacial score (nSPS) is 13.7. The molecule has 166 valence electrons. The zero-order valence-corrected chi connectivity index (χ0v) is 21.0. The monoisotopic (exact) mass is 452 g/mol. The van der Waals surface area contributed by atoms with Gasteiger partial charge in [0.15, 0.2) is 8.32 Å². The van der Waals surface area contributed by atoms with Crippen LogP contribution >= 0.6 is 11.6 Å². The van der Waals surface area contributed by atoms with E-state index in [0.717, 1.165) is 0 Å². The first-order valence-corrected chi connectivity index (χ1v) is 13.6. The fraction of sp³-hybridized carbons (Fsp3) is 0.591. The van der Waals surface area contributed by atoms with E-state index in [1.807, 2.05) is 4.57 Å². The molecule has 2 aromatic heterocycles. The van der Waals surface area contributed by atoms with Crippen molar-refractivity contribution in [3.05, 3.63) is 39.4 Å². The Labute approximate surface area is 184 Å². The summed E-state index contributed by atoms with van der Waals surface area (Å²) in [6, 6.07) is 1.41. The molecule has 0 amide bonds. The summed E-state index contributed by atoms with van der Waals surface area (Å²) in [5.41, 5.74) is 0.205. The van der Waals surface area contributed by atoms with Crippen LogP contribution in [0.4, 0.5) is 0 Å². The summed E-state index contributed by atoms with van der Waals surface area (Å²) in [5.74, 6) is -0.454. The lowest BCUT2D eigenvalue weighted by atomic mass is 10.0. The lowest BCUT2D eigenvalue weighted by molar-refractivity contribution is 0.0523. The quantitative estimate of drug-likeness (QED) is 0.317. The van der Waals surface area contributed by atoms with Gasteiger partial charge in [0.1, 0.15) is 10.7 Å². The molecule has 0 saturated heterocycles. The van der Waals surface area contributed by atoms with E-state index in [2.05, 4.69) is 52.7 Å². The molecule has 0 bridgehead atoms. The average Bonchev–Trinajstić information content (AvgIpc) is 2.62. The van der Waals surface area contributed by atoms with Crippen molar-refractivity contribution in [3.63, 3.8) is 0 Å². The van der Waals surface area contributed by atoms with Crippen molar-refractivity contribution >= 4 is 36.8 Å². The zero-order chi connectivity index (χ0) is 22.9. The van der Waals surface area contributed by atoms with Crippen LogP contribution in [-0.2, 0) is 9.16 Å². The fourth-order valence-electron chi connectivity index (χ4n) is 2.96.